The van der Waals surface area contributed by atoms with Crippen molar-refractivity contribution in [2.24, 2.45) is 0 Å². The number of aromatic nitrogens is 1. The van der Waals surface area contributed by atoms with Crippen LogP contribution in [0, 0.1) is 0 Å². The third-order valence-corrected chi connectivity index (χ3v) is 3.27. The molecule has 0 radical (unpaired) electrons. The number of nitrogens with zero attached hydrogens (tertiary/aromatic N) is 2. The fourth-order valence-electron chi connectivity index (χ4n) is 0.552. The number of hydrogen-bond acceptors (Lipinski definition) is 4. The molecule has 0 atom stereocenters. The molecule has 1 heterocycles. The average molecular weight is 174 g/mol. The third-order valence-electron chi connectivity index (χ3n) is 1.06. The maximum absolute atomic E-state index is 4.21. The van der Waals surface area contributed by atoms with Gasteiger partial charge in [0.25, 0.3) is 0 Å². The lowest BCUT2D eigenvalue weighted by atomic mass is 10.9. The molecule has 1 rings (SSSR count). The van der Waals surface area contributed by atoms with E-state index in [4.69, 9.17) is 0 Å². The van der Waals surface area contributed by atoms with Crippen LogP contribution in [-0.2, 0) is 0 Å². The number of thiazole rings is 1. The predicted molar refractivity (Wildman–Crippen MR) is 48.2 cm³/mol. The van der Waals surface area contributed by atoms with Crippen LogP contribution >= 0.6 is 23.1 Å². The average Bonchev–Trinajstić information content (AvgIpc) is 2.34. The van der Waals surface area contributed by atoms with Gasteiger partial charge >= 0.3 is 0 Å². The van der Waals surface area contributed by atoms with E-state index in [1.807, 2.05) is 25.2 Å². The van der Waals surface area contributed by atoms with Crippen molar-refractivity contribution in [2.45, 2.75) is 4.21 Å². The lowest BCUT2D eigenvalue weighted by Crippen LogP contribution is -2.07. The van der Waals surface area contributed by atoms with Crippen LogP contribution in [0.3, 0.4) is 0 Å². The molecule has 56 valence electrons. The second-order valence-electron chi connectivity index (χ2n) is 2.06. The molecule has 2 nitrogen and oxygen atoms in total. The smallest absolute Gasteiger partial charge is 0.185 e. The summed E-state index contributed by atoms with van der Waals surface area (Å²) in [4.78, 5) is 6.23. The summed E-state index contributed by atoms with van der Waals surface area (Å²) in [6, 6.07) is 0. The van der Waals surface area contributed by atoms with Gasteiger partial charge in [0.1, 0.15) is 0 Å². The van der Waals surface area contributed by atoms with Crippen molar-refractivity contribution in [1.82, 2.24) is 4.98 Å². The van der Waals surface area contributed by atoms with Crippen molar-refractivity contribution in [2.75, 3.05) is 25.3 Å². The molecule has 0 aromatic carbocycles. The van der Waals surface area contributed by atoms with E-state index in [-0.39, 0.29) is 0 Å². The topological polar surface area (TPSA) is 16.1 Å². The Morgan fingerprint density at radius 3 is 2.60 bits per heavy atom. The van der Waals surface area contributed by atoms with Gasteiger partial charge in [0.05, 0.1) is 10.4 Å². The minimum atomic E-state index is 1.07. The van der Waals surface area contributed by atoms with Crippen molar-refractivity contribution in [3.63, 3.8) is 0 Å². The highest BCUT2D eigenvalue weighted by atomic mass is 32.2. The number of anilines is 1. The van der Waals surface area contributed by atoms with E-state index >= 15 is 0 Å². The van der Waals surface area contributed by atoms with E-state index in [9.17, 15) is 0 Å². The summed E-state index contributed by atoms with van der Waals surface area (Å²) in [5.41, 5.74) is 0. The van der Waals surface area contributed by atoms with Crippen molar-refractivity contribution in [3.05, 3.63) is 6.20 Å². The van der Waals surface area contributed by atoms with Crippen LogP contribution < -0.4 is 4.90 Å². The van der Waals surface area contributed by atoms with Crippen molar-refractivity contribution in [3.8, 4) is 0 Å². The Labute approximate surface area is 69.3 Å². The van der Waals surface area contributed by atoms with Crippen LogP contribution in [0.1, 0.15) is 0 Å². The summed E-state index contributed by atoms with van der Waals surface area (Å²) in [5, 5.41) is 1.07. The Balaban J connectivity index is 2.78. The quantitative estimate of drug-likeness (QED) is 0.637. The van der Waals surface area contributed by atoms with Crippen molar-refractivity contribution < 1.29 is 0 Å². The first-order chi connectivity index (χ1) is 4.74. The van der Waals surface area contributed by atoms with Gasteiger partial charge in [0.15, 0.2) is 5.13 Å². The molecular formula is C6H10N2S2. The standard InChI is InChI=1S/C6H10N2S2/c1-8(2)6-7-4-5(9-3)10-6/h4H,1-3H3. The number of rotatable bonds is 2. The van der Waals surface area contributed by atoms with E-state index in [2.05, 4.69) is 11.2 Å². The van der Waals surface area contributed by atoms with Gasteiger partial charge in [-0.05, 0) is 6.26 Å². The zero-order valence-electron chi connectivity index (χ0n) is 6.29. The normalized spacial score (nSPS) is 9.90. The van der Waals surface area contributed by atoms with Crippen LogP contribution in [0.15, 0.2) is 10.4 Å². The Hall–Kier alpha value is -0.220. The number of hydrogen-bond donors (Lipinski definition) is 0. The molecule has 0 aliphatic carbocycles. The maximum atomic E-state index is 4.21. The van der Waals surface area contributed by atoms with E-state index in [0.29, 0.717) is 0 Å². The Morgan fingerprint density at radius 1 is 1.60 bits per heavy atom. The highest BCUT2D eigenvalue weighted by Gasteiger charge is 2.00. The Bertz CT molecular complexity index is 207. The molecule has 0 bridgehead atoms. The van der Waals surface area contributed by atoms with Crippen LogP contribution in [0.4, 0.5) is 5.13 Å². The summed E-state index contributed by atoms with van der Waals surface area (Å²) >= 11 is 3.46. The number of thioether (sulfide) groups is 1. The van der Waals surface area contributed by atoms with Gasteiger partial charge in [-0.3, -0.25) is 0 Å². The predicted octanol–water partition coefficient (Wildman–Crippen LogP) is 1.93. The SMILES string of the molecule is CSc1cnc(N(C)C)s1. The molecule has 4 heteroatoms. The van der Waals surface area contributed by atoms with Crippen LogP contribution in [0.2, 0.25) is 0 Å². The molecule has 0 unspecified atom stereocenters. The molecule has 1 aromatic heterocycles. The fraction of sp³-hybridized carbons (Fsp3) is 0.500. The first-order valence-electron chi connectivity index (χ1n) is 2.91. The van der Waals surface area contributed by atoms with Crippen LogP contribution in [0.25, 0.3) is 0 Å². The van der Waals surface area contributed by atoms with Crippen molar-refractivity contribution in [1.29, 1.82) is 0 Å². The highest BCUT2D eigenvalue weighted by Crippen LogP contribution is 2.27. The first-order valence-corrected chi connectivity index (χ1v) is 4.95. The van der Waals surface area contributed by atoms with E-state index in [1.165, 1.54) is 4.21 Å². The molecule has 0 fully saturated rings. The molecule has 0 saturated heterocycles. The van der Waals surface area contributed by atoms with Gasteiger partial charge in [-0.2, -0.15) is 0 Å². The lowest BCUT2D eigenvalue weighted by molar-refractivity contribution is 1.10. The van der Waals surface area contributed by atoms with Gasteiger partial charge in [-0.1, -0.05) is 11.3 Å². The second kappa shape index (κ2) is 3.25. The van der Waals surface area contributed by atoms with Gasteiger partial charge in [0.2, 0.25) is 0 Å². The minimum Gasteiger partial charge on any atom is -0.354 e. The lowest BCUT2D eigenvalue weighted by Gasteiger charge is -2.04. The largest absolute Gasteiger partial charge is 0.354 e. The fourth-order valence-corrected chi connectivity index (χ4v) is 1.84. The zero-order chi connectivity index (χ0) is 7.56. The summed E-state index contributed by atoms with van der Waals surface area (Å²) in [5.74, 6) is 0. The summed E-state index contributed by atoms with van der Waals surface area (Å²) in [6.07, 6.45) is 3.97. The molecular weight excluding hydrogens is 164 g/mol. The molecule has 10 heavy (non-hydrogen) atoms. The monoisotopic (exact) mass is 174 g/mol. The van der Waals surface area contributed by atoms with E-state index < -0.39 is 0 Å². The van der Waals surface area contributed by atoms with Crippen LogP contribution in [0.5, 0.6) is 0 Å². The zero-order valence-corrected chi connectivity index (χ0v) is 7.92. The Kier molecular flexibility index (Phi) is 2.56. The summed E-state index contributed by atoms with van der Waals surface area (Å²) < 4.78 is 1.27. The van der Waals surface area contributed by atoms with Crippen molar-refractivity contribution >= 4 is 28.2 Å². The summed E-state index contributed by atoms with van der Waals surface area (Å²) in [6.45, 7) is 0. The molecule has 1 aromatic rings. The van der Waals surface area contributed by atoms with Gasteiger partial charge in [0, 0.05) is 14.1 Å². The second-order valence-corrected chi connectivity index (χ2v) is 4.18. The molecule has 0 aliphatic rings. The van der Waals surface area contributed by atoms with E-state index in [0.717, 1.165) is 5.13 Å². The minimum absolute atomic E-state index is 1.07. The summed E-state index contributed by atoms with van der Waals surface area (Å²) in [7, 11) is 4.01. The highest BCUT2D eigenvalue weighted by molar-refractivity contribution is 8.00. The molecule has 0 aliphatic heterocycles. The molecule has 0 saturated carbocycles. The van der Waals surface area contributed by atoms with Gasteiger partial charge in [-0.15, -0.1) is 11.8 Å². The maximum Gasteiger partial charge on any atom is 0.185 e. The van der Waals surface area contributed by atoms with Crippen LogP contribution in [-0.4, -0.2) is 25.3 Å². The van der Waals surface area contributed by atoms with E-state index in [1.54, 1.807) is 23.1 Å². The molecule has 0 amide bonds. The Morgan fingerprint density at radius 2 is 2.30 bits per heavy atom. The molecule has 0 N–H and O–H groups in total. The van der Waals surface area contributed by atoms with Gasteiger partial charge < -0.3 is 4.90 Å². The van der Waals surface area contributed by atoms with Gasteiger partial charge in [-0.25, -0.2) is 4.98 Å². The molecule has 0 spiro atoms. The first kappa shape index (κ1) is 7.88. The third kappa shape index (κ3) is 1.64.